The first-order valence-corrected chi connectivity index (χ1v) is 7.95. The maximum absolute atomic E-state index is 5.73. The number of hydrogen-bond donors (Lipinski definition) is 1. The second-order valence-electron chi connectivity index (χ2n) is 5.27. The van der Waals surface area contributed by atoms with E-state index in [0.717, 1.165) is 28.9 Å². The Hall–Kier alpha value is -1.00. The predicted octanol–water partition coefficient (Wildman–Crippen LogP) is 3.84. The summed E-state index contributed by atoms with van der Waals surface area (Å²) in [7, 11) is 0. The zero-order chi connectivity index (χ0) is 13.1. The molecule has 3 nitrogen and oxygen atoms in total. The van der Waals surface area contributed by atoms with E-state index in [4.69, 9.17) is 4.42 Å². The van der Waals surface area contributed by atoms with Crippen LogP contribution in [0.1, 0.15) is 32.6 Å². The Labute approximate surface area is 118 Å². The van der Waals surface area contributed by atoms with Gasteiger partial charge in [-0.25, -0.2) is 4.98 Å². The summed E-state index contributed by atoms with van der Waals surface area (Å²) >= 11 is 1.71. The number of aromatic nitrogens is 1. The Morgan fingerprint density at radius 3 is 2.95 bits per heavy atom. The van der Waals surface area contributed by atoms with E-state index in [1.54, 1.807) is 11.8 Å². The number of nitrogens with one attached hydrogen (secondary N) is 1. The molecule has 1 aliphatic carbocycles. The Bertz CT molecular complexity index is 501. The van der Waals surface area contributed by atoms with E-state index in [2.05, 4.69) is 17.2 Å². The average molecular weight is 276 g/mol. The van der Waals surface area contributed by atoms with Crippen molar-refractivity contribution in [2.45, 2.75) is 49.1 Å². The van der Waals surface area contributed by atoms with Gasteiger partial charge < -0.3 is 9.73 Å². The van der Waals surface area contributed by atoms with E-state index in [9.17, 15) is 0 Å². The zero-order valence-electron chi connectivity index (χ0n) is 11.3. The third kappa shape index (κ3) is 3.31. The van der Waals surface area contributed by atoms with Crippen LogP contribution in [-0.2, 0) is 0 Å². The van der Waals surface area contributed by atoms with Crippen LogP contribution >= 0.6 is 11.8 Å². The topological polar surface area (TPSA) is 38.1 Å². The molecule has 0 bridgehead atoms. The molecule has 2 aromatic rings. The van der Waals surface area contributed by atoms with Gasteiger partial charge in [0.05, 0.1) is 0 Å². The Kier molecular flexibility index (Phi) is 4.09. The molecule has 1 fully saturated rings. The molecule has 0 aliphatic heterocycles. The van der Waals surface area contributed by atoms with Crippen molar-refractivity contribution in [1.29, 1.82) is 0 Å². The molecule has 1 aromatic heterocycles. The summed E-state index contributed by atoms with van der Waals surface area (Å²) in [5.74, 6) is 0. The minimum absolute atomic E-state index is 0.480. The number of nitrogens with zero attached hydrogens (tertiary/aromatic N) is 1. The highest BCUT2D eigenvalue weighted by Crippen LogP contribution is 2.26. The second-order valence-corrected chi connectivity index (χ2v) is 6.66. The van der Waals surface area contributed by atoms with E-state index in [-0.39, 0.29) is 0 Å². The molecule has 1 heterocycles. The number of thioether (sulfide) groups is 1. The second kappa shape index (κ2) is 5.97. The number of fused-ring (bicyclic) bond motifs is 1. The molecule has 102 valence electrons. The van der Waals surface area contributed by atoms with Gasteiger partial charge in [0.2, 0.25) is 0 Å². The number of rotatable bonds is 5. The summed E-state index contributed by atoms with van der Waals surface area (Å²) in [5, 5.41) is 4.90. The molecule has 0 saturated heterocycles. The molecule has 1 aliphatic rings. The highest BCUT2D eigenvalue weighted by atomic mass is 32.2. The standard InChI is InChI=1S/C15H20N2OS/c1-11(10-16-12-6-2-3-7-12)19-15-17-13-8-4-5-9-14(13)18-15/h4-5,8-9,11-12,16H,2-3,6-7,10H2,1H3. The number of benzene rings is 1. The maximum Gasteiger partial charge on any atom is 0.257 e. The summed E-state index contributed by atoms with van der Waals surface area (Å²) in [4.78, 5) is 4.50. The Morgan fingerprint density at radius 2 is 2.16 bits per heavy atom. The van der Waals surface area contributed by atoms with Crippen molar-refractivity contribution in [2.24, 2.45) is 0 Å². The molecule has 1 aromatic carbocycles. The van der Waals surface area contributed by atoms with Gasteiger partial charge in [-0.05, 0) is 25.0 Å². The molecule has 4 heteroatoms. The van der Waals surface area contributed by atoms with E-state index in [1.165, 1.54) is 25.7 Å². The lowest BCUT2D eigenvalue weighted by atomic mass is 10.2. The van der Waals surface area contributed by atoms with Crippen LogP contribution < -0.4 is 5.32 Å². The van der Waals surface area contributed by atoms with E-state index in [0.29, 0.717) is 5.25 Å². The average Bonchev–Trinajstić information content (AvgIpc) is 3.04. The normalized spacial score (nSPS) is 18.2. The first-order chi connectivity index (χ1) is 9.31. The van der Waals surface area contributed by atoms with Crippen LogP contribution in [0.4, 0.5) is 0 Å². The minimum Gasteiger partial charge on any atom is -0.431 e. The molecule has 3 rings (SSSR count). The van der Waals surface area contributed by atoms with Gasteiger partial charge in [-0.1, -0.05) is 43.7 Å². The maximum atomic E-state index is 5.73. The first kappa shape index (κ1) is 13.0. The fraction of sp³-hybridized carbons (Fsp3) is 0.533. The van der Waals surface area contributed by atoms with Gasteiger partial charge in [-0.2, -0.15) is 0 Å². The van der Waals surface area contributed by atoms with E-state index < -0.39 is 0 Å². The smallest absolute Gasteiger partial charge is 0.257 e. The van der Waals surface area contributed by atoms with Crippen LogP contribution in [-0.4, -0.2) is 22.8 Å². The van der Waals surface area contributed by atoms with Gasteiger partial charge in [-0.15, -0.1) is 0 Å². The first-order valence-electron chi connectivity index (χ1n) is 7.07. The summed E-state index contributed by atoms with van der Waals surface area (Å²) in [6.45, 7) is 3.25. The largest absolute Gasteiger partial charge is 0.431 e. The van der Waals surface area contributed by atoms with Crippen LogP contribution in [0.15, 0.2) is 33.9 Å². The molecule has 19 heavy (non-hydrogen) atoms. The third-order valence-corrected chi connectivity index (χ3v) is 4.57. The SMILES string of the molecule is CC(CNC1CCCC1)Sc1nc2ccccc2o1. The molecule has 1 saturated carbocycles. The lowest BCUT2D eigenvalue weighted by molar-refractivity contribution is 0.485. The van der Waals surface area contributed by atoms with Crippen molar-refractivity contribution >= 4 is 22.9 Å². The Morgan fingerprint density at radius 1 is 1.37 bits per heavy atom. The number of para-hydroxylation sites is 2. The predicted molar refractivity (Wildman–Crippen MR) is 79.6 cm³/mol. The van der Waals surface area contributed by atoms with Crippen LogP contribution in [0.2, 0.25) is 0 Å². The monoisotopic (exact) mass is 276 g/mol. The van der Waals surface area contributed by atoms with Gasteiger partial charge in [0, 0.05) is 17.8 Å². The van der Waals surface area contributed by atoms with E-state index in [1.807, 2.05) is 24.3 Å². The molecule has 0 spiro atoms. The fourth-order valence-corrected chi connectivity index (χ4v) is 3.39. The molecule has 0 radical (unpaired) electrons. The van der Waals surface area contributed by atoms with Gasteiger partial charge in [-0.3, -0.25) is 0 Å². The number of hydrogen-bond acceptors (Lipinski definition) is 4. The van der Waals surface area contributed by atoms with Crippen molar-refractivity contribution in [1.82, 2.24) is 10.3 Å². The van der Waals surface area contributed by atoms with Crippen LogP contribution in [0, 0.1) is 0 Å². The Balaban J connectivity index is 1.54. The summed E-state index contributed by atoms with van der Waals surface area (Å²) in [6, 6.07) is 8.65. The van der Waals surface area contributed by atoms with Crippen molar-refractivity contribution < 1.29 is 4.42 Å². The van der Waals surface area contributed by atoms with Gasteiger partial charge >= 0.3 is 0 Å². The summed E-state index contributed by atoms with van der Waals surface area (Å²) < 4.78 is 5.73. The van der Waals surface area contributed by atoms with Crippen LogP contribution in [0.25, 0.3) is 11.1 Å². The quantitative estimate of drug-likeness (QED) is 0.842. The van der Waals surface area contributed by atoms with Crippen molar-refractivity contribution in [3.8, 4) is 0 Å². The molecular formula is C15H20N2OS. The molecular weight excluding hydrogens is 256 g/mol. The summed E-state index contributed by atoms with van der Waals surface area (Å²) in [5.41, 5.74) is 1.82. The minimum atomic E-state index is 0.480. The van der Waals surface area contributed by atoms with Gasteiger partial charge in [0.15, 0.2) is 5.58 Å². The van der Waals surface area contributed by atoms with Gasteiger partial charge in [0.1, 0.15) is 5.52 Å². The van der Waals surface area contributed by atoms with E-state index >= 15 is 0 Å². The highest BCUT2D eigenvalue weighted by molar-refractivity contribution is 7.99. The number of oxazole rings is 1. The lowest BCUT2D eigenvalue weighted by Crippen LogP contribution is -2.31. The van der Waals surface area contributed by atoms with Crippen LogP contribution in [0.5, 0.6) is 0 Å². The third-order valence-electron chi connectivity index (χ3n) is 3.63. The van der Waals surface area contributed by atoms with Crippen molar-refractivity contribution in [2.75, 3.05) is 6.54 Å². The summed E-state index contributed by atoms with van der Waals surface area (Å²) in [6.07, 6.45) is 5.43. The zero-order valence-corrected chi connectivity index (χ0v) is 12.1. The highest BCUT2D eigenvalue weighted by Gasteiger charge is 2.16. The van der Waals surface area contributed by atoms with Crippen molar-refractivity contribution in [3.63, 3.8) is 0 Å². The van der Waals surface area contributed by atoms with Crippen LogP contribution in [0.3, 0.4) is 0 Å². The van der Waals surface area contributed by atoms with Crippen molar-refractivity contribution in [3.05, 3.63) is 24.3 Å². The lowest BCUT2D eigenvalue weighted by Gasteiger charge is -2.15. The van der Waals surface area contributed by atoms with Gasteiger partial charge in [0.25, 0.3) is 5.22 Å². The molecule has 0 amide bonds. The fourth-order valence-electron chi connectivity index (χ4n) is 2.58. The molecule has 1 unspecified atom stereocenters. The molecule has 1 N–H and O–H groups in total. The molecule has 1 atom stereocenters.